The van der Waals surface area contributed by atoms with E-state index >= 15 is 0 Å². The lowest BCUT2D eigenvalue weighted by Gasteiger charge is -2.19. The summed E-state index contributed by atoms with van der Waals surface area (Å²) in [6.07, 6.45) is 2.86. The minimum atomic E-state index is -0.266. The van der Waals surface area contributed by atoms with Crippen LogP contribution in [0.3, 0.4) is 0 Å². The van der Waals surface area contributed by atoms with Crippen LogP contribution in [0.25, 0.3) is 0 Å². The molecule has 1 atom stereocenters. The van der Waals surface area contributed by atoms with Gasteiger partial charge in [-0.3, -0.25) is 14.6 Å². The second kappa shape index (κ2) is 6.95. The lowest BCUT2D eigenvalue weighted by Crippen LogP contribution is -2.41. The monoisotopic (exact) mass is 317 g/mol. The van der Waals surface area contributed by atoms with Crippen molar-refractivity contribution in [3.05, 3.63) is 23.9 Å². The number of urea groups is 1. The van der Waals surface area contributed by atoms with Gasteiger partial charge < -0.3 is 10.6 Å². The summed E-state index contributed by atoms with van der Waals surface area (Å²) in [4.78, 5) is 31.4. The van der Waals surface area contributed by atoms with Crippen LogP contribution in [0.5, 0.6) is 0 Å². The van der Waals surface area contributed by atoms with Crippen LogP contribution in [0.1, 0.15) is 12.0 Å². The number of hydrogen-bond donors (Lipinski definition) is 2. The zero-order chi connectivity index (χ0) is 16.2. The van der Waals surface area contributed by atoms with Gasteiger partial charge in [0, 0.05) is 32.4 Å². The SMILES string of the molecule is Cc1ccnc(NCC2CCN(CC(=O)N3CCNC3=O)C2)c1. The van der Waals surface area contributed by atoms with Crippen LogP contribution in [0.4, 0.5) is 10.6 Å². The number of amides is 3. The number of hydrogen-bond acceptors (Lipinski definition) is 5. The van der Waals surface area contributed by atoms with Gasteiger partial charge in [-0.1, -0.05) is 0 Å². The van der Waals surface area contributed by atoms with E-state index in [1.165, 1.54) is 10.5 Å². The molecule has 2 aliphatic rings. The maximum atomic E-state index is 12.1. The number of aryl methyl sites for hydroxylation is 1. The molecule has 1 aromatic rings. The Hall–Kier alpha value is -2.15. The molecule has 0 saturated carbocycles. The molecule has 0 bridgehead atoms. The maximum absolute atomic E-state index is 12.1. The molecule has 23 heavy (non-hydrogen) atoms. The summed E-state index contributed by atoms with van der Waals surface area (Å²) in [7, 11) is 0. The van der Waals surface area contributed by atoms with E-state index in [1.807, 2.05) is 19.1 Å². The van der Waals surface area contributed by atoms with Crippen LogP contribution in [0.15, 0.2) is 18.3 Å². The second-order valence-electron chi connectivity index (χ2n) is 6.27. The molecule has 7 nitrogen and oxygen atoms in total. The quantitative estimate of drug-likeness (QED) is 0.835. The molecule has 2 fully saturated rings. The van der Waals surface area contributed by atoms with Crippen LogP contribution in [-0.4, -0.2) is 66.0 Å². The Bertz CT molecular complexity index is 592. The van der Waals surface area contributed by atoms with Crippen molar-refractivity contribution in [2.45, 2.75) is 13.3 Å². The van der Waals surface area contributed by atoms with Gasteiger partial charge in [0.05, 0.1) is 6.54 Å². The van der Waals surface area contributed by atoms with Crippen LogP contribution in [-0.2, 0) is 4.79 Å². The number of nitrogens with one attached hydrogen (secondary N) is 2. The van der Waals surface area contributed by atoms with E-state index in [0.29, 0.717) is 25.6 Å². The highest BCUT2D eigenvalue weighted by Gasteiger charge is 2.30. The molecule has 1 unspecified atom stereocenters. The molecule has 3 amide bonds. The fourth-order valence-corrected chi connectivity index (χ4v) is 3.09. The lowest BCUT2D eigenvalue weighted by molar-refractivity contribution is -0.128. The van der Waals surface area contributed by atoms with Gasteiger partial charge >= 0.3 is 6.03 Å². The Balaban J connectivity index is 1.43. The summed E-state index contributed by atoms with van der Waals surface area (Å²) in [6, 6.07) is 3.74. The van der Waals surface area contributed by atoms with Crippen LogP contribution in [0, 0.1) is 12.8 Å². The molecule has 0 radical (unpaired) electrons. The molecular formula is C16H23N5O2. The average molecular weight is 317 g/mol. The Morgan fingerprint density at radius 2 is 2.35 bits per heavy atom. The number of nitrogens with zero attached hydrogens (tertiary/aromatic N) is 3. The number of carbonyl (C=O) groups is 2. The van der Waals surface area contributed by atoms with Crippen LogP contribution in [0.2, 0.25) is 0 Å². The van der Waals surface area contributed by atoms with Crippen molar-refractivity contribution < 1.29 is 9.59 Å². The van der Waals surface area contributed by atoms with E-state index in [0.717, 1.165) is 31.9 Å². The molecule has 0 aliphatic carbocycles. The predicted octanol–water partition coefficient (Wildman–Crippen LogP) is 0.676. The standard InChI is InChI=1S/C16H23N5O2/c1-12-2-4-17-14(8-12)19-9-13-3-6-20(10-13)11-15(22)21-7-5-18-16(21)23/h2,4,8,13H,3,5-7,9-11H2,1H3,(H,17,19)(H,18,23). The number of anilines is 1. The molecule has 3 heterocycles. The molecular weight excluding hydrogens is 294 g/mol. The summed E-state index contributed by atoms with van der Waals surface area (Å²) in [5, 5.41) is 6.02. The minimum Gasteiger partial charge on any atom is -0.370 e. The number of rotatable bonds is 5. The first-order valence-electron chi connectivity index (χ1n) is 8.09. The Labute approximate surface area is 136 Å². The Kier molecular flexibility index (Phi) is 4.76. The van der Waals surface area contributed by atoms with Crippen molar-refractivity contribution in [1.29, 1.82) is 0 Å². The molecule has 0 aromatic carbocycles. The smallest absolute Gasteiger partial charge is 0.324 e. The van der Waals surface area contributed by atoms with Gasteiger partial charge in [-0.2, -0.15) is 0 Å². The van der Waals surface area contributed by atoms with Crippen LogP contribution >= 0.6 is 0 Å². The third-order valence-electron chi connectivity index (χ3n) is 4.37. The lowest BCUT2D eigenvalue weighted by atomic mass is 10.1. The van der Waals surface area contributed by atoms with Gasteiger partial charge in [-0.25, -0.2) is 9.78 Å². The first-order valence-corrected chi connectivity index (χ1v) is 8.09. The zero-order valence-corrected chi connectivity index (χ0v) is 13.4. The number of aromatic nitrogens is 1. The van der Waals surface area contributed by atoms with E-state index in [2.05, 4.69) is 20.5 Å². The molecule has 2 saturated heterocycles. The van der Waals surface area contributed by atoms with Crippen molar-refractivity contribution in [3.8, 4) is 0 Å². The van der Waals surface area contributed by atoms with Crippen molar-refractivity contribution in [2.75, 3.05) is 44.6 Å². The number of likely N-dealkylation sites (tertiary alicyclic amines) is 1. The third-order valence-corrected chi connectivity index (χ3v) is 4.37. The summed E-state index contributed by atoms with van der Waals surface area (Å²) in [5.41, 5.74) is 1.19. The average Bonchev–Trinajstić information content (AvgIpc) is 3.14. The van der Waals surface area contributed by atoms with E-state index in [-0.39, 0.29) is 11.9 Å². The van der Waals surface area contributed by atoms with Crippen LogP contribution < -0.4 is 10.6 Å². The highest BCUT2D eigenvalue weighted by Crippen LogP contribution is 2.17. The van der Waals surface area contributed by atoms with Gasteiger partial charge in [0.2, 0.25) is 5.91 Å². The van der Waals surface area contributed by atoms with Crippen molar-refractivity contribution in [3.63, 3.8) is 0 Å². The van der Waals surface area contributed by atoms with Gasteiger partial charge in [0.1, 0.15) is 5.82 Å². The topological polar surface area (TPSA) is 77.6 Å². The highest BCUT2D eigenvalue weighted by atomic mass is 16.2. The van der Waals surface area contributed by atoms with E-state index in [9.17, 15) is 9.59 Å². The molecule has 2 aliphatic heterocycles. The molecule has 7 heteroatoms. The van der Waals surface area contributed by atoms with E-state index < -0.39 is 0 Å². The number of carbonyl (C=O) groups excluding carboxylic acids is 2. The normalized spacial score (nSPS) is 21.5. The summed E-state index contributed by atoms with van der Waals surface area (Å²) >= 11 is 0. The number of imide groups is 1. The van der Waals surface area contributed by atoms with E-state index in [4.69, 9.17) is 0 Å². The highest BCUT2D eigenvalue weighted by molar-refractivity contribution is 5.96. The fraction of sp³-hybridized carbons (Fsp3) is 0.562. The summed E-state index contributed by atoms with van der Waals surface area (Å²) in [5.74, 6) is 1.29. The first kappa shape index (κ1) is 15.7. The molecule has 2 N–H and O–H groups in total. The molecule has 0 spiro atoms. The molecule has 124 valence electrons. The third kappa shape index (κ3) is 3.98. The Morgan fingerprint density at radius 3 is 3.09 bits per heavy atom. The first-order chi connectivity index (χ1) is 11.1. The summed E-state index contributed by atoms with van der Waals surface area (Å²) < 4.78 is 0. The molecule has 3 rings (SSSR count). The zero-order valence-electron chi connectivity index (χ0n) is 13.4. The van der Waals surface area contributed by atoms with Gasteiger partial charge in [0.25, 0.3) is 0 Å². The van der Waals surface area contributed by atoms with Crippen molar-refractivity contribution in [2.24, 2.45) is 5.92 Å². The van der Waals surface area contributed by atoms with Crippen molar-refractivity contribution in [1.82, 2.24) is 20.1 Å². The van der Waals surface area contributed by atoms with E-state index in [1.54, 1.807) is 6.20 Å². The largest absolute Gasteiger partial charge is 0.370 e. The van der Waals surface area contributed by atoms with Gasteiger partial charge in [0.15, 0.2) is 0 Å². The maximum Gasteiger partial charge on any atom is 0.324 e. The Morgan fingerprint density at radius 1 is 1.48 bits per heavy atom. The van der Waals surface area contributed by atoms with Crippen molar-refractivity contribution >= 4 is 17.8 Å². The molecule has 1 aromatic heterocycles. The fourth-order valence-electron chi connectivity index (χ4n) is 3.09. The summed E-state index contributed by atoms with van der Waals surface area (Å²) in [6.45, 7) is 6.03. The second-order valence-corrected chi connectivity index (χ2v) is 6.27. The van der Waals surface area contributed by atoms with Gasteiger partial charge in [-0.05, 0) is 43.5 Å². The minimum absolute atomic E-state index is 0.103. The van der Waals surface area contributed by atoms with Gasteiger partial charge in [-0.15, -0.1) is 0 Å². The predicted molar refractivity (Wildman–Crippen MR) is 87.1 cm³/mol. The number of pyridine rings is 1.